The molecule has 14 heteroatoms. The Bertz CT molecular complexity index is 1420. The molecule has 0 radical (unpaired) electrons. The third-order valence-corrected chi connectivity index (χ3v) is 6.09. The zero-order valence-corrected chi connectivity index (χ0v) is 19.9. The smallest absolute Gasteiger partial charge is 0.435 e. The largest absolute Gasteiger partial charge is 0.490 e. The maximum Gasteiger partial charge on any atom is 0.435 e. The molecule has 1 amide bonds. The van der Waals surface area contributed by atoms with Gasteiger partial charge in [-0.25, -0.2) is 13.4 Å². The fourth-order valence-corrected chi connectivity index (χ4v) is 3.85. The Hall–Kier alpha value is -3.45. The van der Waals surface area contributed by atoms with Crippen LogP contribution in [0.15, 0.2) is 41.3 Å². The van der Waals surface area contributed by atoms with E-state index < -0.39 is 56.1 Å². The molecule has 35 heavy (non-hydrogen) atoms. The molecule has 186 valence electrons. The van der Waals surface area contributed by atoms with Crippen LogP contribution >= 0.6 is 11.6 Å². The number of nitrogens with one attached hydrogen (secondary N) is 2. The summed E-state index contributed by atoms with van der Waals surface area (Å²) in [5.41, 5.74) is -2.62. The van der Waals surface area contributed by atoms with Gasteiger partial charge in [0, 0.05) is 16.8 Å². The van der Waals surface area contributed by atoms with E-state index >= 15 is 0 Å². The van der Waals surface area contributed by atoms with Crippen molar-refractivity contribution in [2.75, 3.05) is 18.7 Å². The van der Waals surface area contributed by atoms with Crippen molar-refractivity contribution >= 4 is 32.9 Å². The van der Waals surface area contributed by atoms with Crippen molar-refractivity contribution in [3.05, 3.63) is 64.1 Å². The number of nitrogens with zero attached hydrogens (tertiary/aromatic N) is 2. The second-order valence-electron chi connectivity index (χ2n) is 7.17. The normalized spacial score (nSPS) is 13.1. The molecular weight excluding hydrogens is 516 g/mol. The molecule has 8 nitrogen and oxygen atoms in total. The number of amides is 1. The Morgan fingerprint density at radius 2 is 1.89 bits per heavy atom. The van der Waals surface area contributed by atoms with Gasteiger partial charge in [-0.2, -0.15) is 13.2 Å². The van der Waals surface area contributed by atoms with E-state index in [-0.39, 0.29) is 21.4 Å². The standard InChI is InChI=1S/C21H17ClF4N4O4S/c1-10-15(19(31)28-11-5-4-6-12(9-11)35(3,27)32)20(30-29-18(10)21(24,25)26)34-14-8-7-13(22)16(23)17(14)33-2/h4-9,27H,1-3H3,(H,28,31)/t35-/m1/s1. The molecule has 1 aromatic heterocycles. The van der Waals surface area contributed by atoms with Crippen LogP contribution in [0.5, 0.6) is 17.4 Å². The van der Waals surface area contributed by atoms with Crippen LogP contribution in [0.25, 0.3) is 0 Å². The Kier molecular flexibility index (Phi) is 7.22. The van der Waals surface area contributed by atoms with Gasteiger partial charge in [-0.15, -0.1) is 10.2 Å². The minimum Gasteiger partial charge on any atom is -0.490 e. The van der Waals surface area contributed by atoms with Crippen molar-refractivity contribution in [3.8, 4) is 17.4 Å². The monoisotopic (exact) mass is 532 g/mol. The number of halogens is 5. The van der Waals surface area contributed by atoms with Gasteiger partial charge < -0.3 is 14.8 Å². The van der Waals surface area contributed by atoms with Crippen LogP contribution in [-0.2, 0) is 15.9 Å². The maximum absolute atomic E-state index is 14.3. The van der Waals surface area contributed by atoms with Gasteiger partial charge in [0.25, 0.3) is 11.8 Å². The van der Waals surface area contributed by atoms with E-state index in [2.05, 4.69) is 15.5 Å². The molecule has 1 heterocycles. The number of alkyl halides is 3. The van der Waals surface area contributed by atoms with Crippen molar-refractivity contribution < 1.29 is 36.0 Å². The van der Waals surface area contributed by atoms with Crippen molar-refractivity contribution in [1.29, 1.82) is 4.78 Å². The summed E-state index contributed by atoms with van der Waals surface area (Å²) in [5, 5.41) is 8.62. The number of hydrogen-bond acceptors (Lipinski definition) is 7. The Morgan fingerprint density at radius 3 is 2.49 bits per heavy atom. The molecule has 2 aromatic carbocycles. The molecule has 0 saturated carbocycles. The van der Waals surface area contributed by atoms with E-state index in [1.54, 1.807) is 0 Å². The number of aromatic nitrogens is 2. The maximum atomic E-state index is 14.3. The Morgan fingerprint density at radius 1 is 1.20 bits per heavy atom. The van der Waals surface area contributed by atoms with E-state index in [0.29, 0.717) is 0 Å². The van der Waals surface area contributed by atoms with Gasteiger partial charge in [-0.3, -0.25) is 4.79 Å². The highest BCUT2D eigenvalue weighted by Gasteiger charge is 2.38. The molecule has 0 bridgehead atoms. The first-order valence-electron chi connectivity index (χ1n) is 9.53. The average Bonchev–Trinajstić information content (AvgIpc) is 2.75. The molecular formula is C21H17ClF4N4O4S. The van der Waals surface area contributed by atoms with Gasteiger partial charge in [-0.1, -0.05) is 17.7 Å². The lowest BCUT2D eigenvalue weighted by Gasteiger charge is -2.17. The molecule has 0 saturated heterocycles. The number of ether oxygens (including phenoxy) is 2. The van der Waals surface area contributed by atoms with Gasteiger partial charge in [0.2, 0.25) is 0 Å². The highest BCUT2D eigenvalue weighted by Crippen LogP contribution is 2.39. The summed E-state index contributed by atoms with van der Waals surface area (Å²) in [6, 6.07) is 7.76. The Balaban J connectivity index is 2.12. The highest BCUT2D eigenvalue weighted by molar-refractivity contribution is 7.91. The minimum absolute atomic E-state index is 0.0557. The molecule has 2 N–H and O–H groups in total. The van der Waals surface area contributed by atoms with Crippen molar-refractivity contribution in [2.45, 2.75) is 18.0 Å². The van der Waals surface area contributed by atoms with Crippen molar-refractivity contribution in [1.82, 2.24) is 10.2 Å². The number of anilines is 1. The lowest BCUT2D eigenvalue weighted by molar-refractivity contribution is -0.142. The lowest BCUT2D eigenvalue weighted by atomic mass is 10.1. The summed E-state index contributed by atoms with van der Waals surface area (Å²) in [7, 11) is -2.02. The molecule has 0 spiro atoms. The molecule has 0 unspecified atom stereocenters. The van der Waals surface area contributed by atoms with Gasteiger partial charge in [0.15, 0.2) is 23.0 Å². The van der Waals surface area contributed by atoms with Crippen molar-refractivity contribution in [3.63, 3.8) is 0 Å². The number of benzene rings is 2. The molecule has 0 aliphatic rings. The molecule has 0 aliphatic heterocycles. The summed E-state index contributed by atoms with van der Waals surface area (Å²) in [5.74, 6) is -3.52. The molecule has 0 fully saturated rings. The predicted octanol–water partition coefficient (Wildman–Crippen LogP) is 5.68. The van der Waals surface area contributed by atoms with Crippen LogP contribution in [0, 0.1) is 17.5 Å². The predicted molar refractivity (Wildman–Crippen MR) is 119 cm³/mol. The first-order chi connectivity index (χ1) is 16.2. The fraction of sp³-hybridized carbons (Fsp3) is 0.190. The van der Waals surface area contributed by atoms with Crippen molar-refractivity contribution in [2.24, 2.45) is 0 Å². The molecule has 0 aliphatic carbocycles. The van der Waals surface area contributed by atoms with Gasteiger partial charge in [-0.05, 0) is 42.8 Å². The van der Waals surface area contributed by atoms with Crippen LogP contribution in [0.3, 0.4) is 0 Å². The first-order valence-corrected chi connectivity index (χ1v) is 11.9. The number of rotatable bonds is 6. The Labute approximate surface area is 202 Å². The summed E-state index contributed by atoms with van der Waals surface area (Å²) < 4.78 is 84.8. The number of methoxy groups -OCH3 is 1. The summed E-state index contributed by atoms with van der Waals surface area (Å²) in [4.78, 5) is 13.2. The van der Waals surface area contributed by atoms with Crippen LogP contribution < -0.4 is 14.8 Å². The van der Waals surface area contributed by atoms with E-state index in [0.717, 1.165) is 20.1 Å². The first kappa shape index (κ1) is 26.2. The highest BCUT2D eigenvalue weighted by atomic mass is 35.5. The minimum atomic E-state index is -4.94. The molecule has 3 rings (SSSR count). The third kappa shape index (κ3) is 5.62. The van der Waals surface area contributed by atoms with Crippen LogP contribution in [0.2, 0.25) is 5.02 Å². The van der Waals surface area contributed by atoms with Crippen LogP contribution in [-0.4, -0.2) is 33.7 Å². The average molecular weight is 533 g/mol. The number of carbonyl (C=O) groups excluding carboxylic acids is 1. The second kappa shape index (κ2) is 9.66. The zero-order chi connectivity index (χ0) is 26.1. The SMILES string of the molecule is COc1c(Oc2nnc(C(F)(F)F)c(C)c2C(=O)Nc2cccc([S@](C)(=N)=O)c2)ccc(Cl)c1F. The van der Waals surface area contributed by atoms with E-state index in [1.807, 2.05) is 0 Å². The van der Waals surface area contributed by atoms with Gasteiger partial charge in [0.05, 0.1) is 21.9 Å². The molecule has 3 aromatic rings. The number of hydrogen-bond donors (Lipinski definition) is 2. The van der Waals surface area contributed by atoms with Gasteiger partial charge in [0.1, 0.15) is 5.56 Å². The second-order valence-corrected chi connectivity index (χ2v) is 9.74. The fourth-order valence-electron chi connectivity index (χ4n) is 3.01. The summed E-state index contributed by atoms with van der Waals surface area (Å²) in [6.07, 6.45) is -3.77. The van der Waals surface area contributed by atoms with Crippen LogP contribution in [0.4, 0.5) is 23.2 Å². The quantitative estimate of drug-likeness (QED) is 0.394. The molecule has 1 atom stereocenters. The van der Waals surface area contributed by atoms with E-state index in [1.165, 1.54) is 36.6 Å². The third-order valence-electron chi connectivity index (χ3n) is 4.65. The summed E-state index contributed by atoms with van der Waals surface area (Å²) >= 11 is 5.72. The lowest BCUT2D eigenvalue weighted by Crippen LogP contribution is -2.21. The topological polar surface area (TPSA) is 114 Å². The van der Waals surface area contributed by atoms with Gasteiger partial charge >= 0.3 is 6.18 Å². The number of carbonyl (C=O) groups is 1. The van der Waals surface area contributed by atoms with E-state index in [4.69, 9.17) is 25.9 Å². The zero-order valence-electron chi connectivity index (χ0n) is 18.3. The van der Waals surface area contributed by atoms with Crippen LogP contribution in [0.1, 0.15) is 21.6 Å². The van der Waals surface area contributed by atoms with E-state index in [9.17, 15) is 26.6 Å². The summed E-state index contributed by atoms with van der Waals surface area (Å²) in [6.45, 7) is 0.998.